The molecule has 7 nitrogen and oxygen atoms in total. The molecule has 7 heteroatoms. The van der Waals surface area contributed by atoms with Crippen LogP contribution in [0.5, 0.6) is 0 Å². The molecular weight excluding hydrogens is 392 g/mol. The molecule has 0 radical (unpaired) electrons. The zero-order valence-corrected chi connectivity index (χ0v) is 17.8. The van der Waals surface area contributed by atoms with Gasteiger partial charge in [0.25, 0.3) is 0 Å². The van der Waals surface area contributed by atoms with Crippen LogP contribution in [0.1, 0.15) is 30.0 Å². The van der Waals surface area contributed by atoms with Crippen LogP contribution in [0, 0.1) is 0 Å². The highest BCUT2D eigenvalue weighted by Crippen LogP contribution is 2.21. The van der Waals surface area contributed by atoms with Crippen LogP contribution in [-0.2, 0) is 16.1 Å². The molecule has 2 heterocycles. The summed E-state index contributed by atoms with van der Waals surface area (Å²) in [7, 11) is 0. The Balaban J connectivity index is 1.43. The van der Waals surface area contributed by atoms with Crippen molar-refractivity contribution >= 4 is 17.6 Å². The Labute approximate surface area is 183 Å². The normalized spacial score (nSPS) is 18.1. The number of rotatable bonds is 7. The average Bonchev–Trinajstić information content (AvgIpc) is 3.20. The second-order valence-corrected chi connectivity index (χ2v) is 8.05. The van der Waals surface area contributed by atoms with Crippen LogP contribution in [0.15, 0.2) is 54.6 Å². The Hall–Kier alpha value is -2.90. The zero-order chi connectivity index (χ0) is 21.5. The largest absolute Gasteiger partial charge is 0.379 e. The molecular formula is C24H30N4O3. The predicted octanol–water partition coefficient (Wildman–Crippen LogP) is 3.00. The van der Waals surface area contributed by atoms with Crippen LogP contribution in [-0.4, -0.2) is 61.1 Å². The molecule has 2 aromatic carbocycles. The number of carbonyl (C=O) groups excluding carboxylic acids is 2. The van der Waals surface area contributed by atoms with Gasteiger partial charge in [0.1, 0.15) is 0 Å². The van der Waals surface area contributed by atoms with Crippen molar-refractivity contribution in [2.75, 3.05) is 44.7 Å². The Morgan fingerprint density at radius 1 is 1.00 bits per heavy atom. The third-order valence-electron chi connectivity index (χ3n) is 5.84. The highest BCUT2D eigenvalue weighted by Gasteiger charge is 2.25. The molecule has 0 saturated carbocycles. The first kappa shape index (κ1) is 21.3. The van der Waals surface area contributed by atoms with Gasteiger partial charge in [-0.15, -0.1) is 0 Å². The lowest BCUT2D eigenvalue weighted by atomic mass is 10.1. The number of hydrogen-bond donors (Lipinski definition) is 2. The average molecular weight is 423 g/mol. The molecule has 2 fully saturated rings. The van der Waals surface area contributed by atoms with Crippen LogP contribution >= 0.6 is 0 Å². The minimum atomic E-state index is -0.269. The Bertz CT molecular complexity index is 883. The molecule has 0 bridgehead atoms. The first-order valence-electron chi connectivity index (χ1n) is 11.0. The number of nitrogens with zero attached hydrogens (tertiary/aromatic N) is 2. The lowest BCUT2D eigenvalue weighted by Gasteiger charge is -2.28. The number of anilines is 1. The summed E-state index contributed by atoms with van der Waals surface area (Å²) in [6.07, 6.45) is 1.46. The summed E-state index contributed by atoms with van der Waals surface area (Å²) in [5.74, 6) is 0.152. The highest BCUT2D eigenvalue weighted by atomic mass is 16.5. The molecule has 0 spiro atoms. The summed E-state index contributed by atoms with van der Waals surface area (Å²) in [4.78, 5) is 29.2. The topological polar surface area (TPSA) is 73.9 Å². The lowest BCUT2D eigenvalue weighted by molar-refractivity contribution is -0.128. The molecule has 0 aliphatic carbocycles. The van der Waals surface area contributed by atoms with E-state index >= 15 is 0 Å². The van der Waals surface area contributed by atoms with E-state index in [2.05, 4.69) is 15.5 Å². The highest BCUT2D eigenvalue weighted by molar-refractivity contribution is 5.90. The number of ether oxygens (including phenoxy) is 1. The molecule has 1 unspecified atom stereocenters. The van der Waals surface area contributed by atoms with Crippen molar-refractivity contribution in [3.63, 3.8) is 0 Å². The van der Waals surface area contributed by atoms with Gasteiger partial charge in [0.05, 0.1) is 19.3 Å². The summed E-state index contributed by atoms with van der Waals surface area (Å²) in [5.41, 5.74) is 2.86. The molecule has 2 saturated heterocycles. The lowest BCUT2D eigenvalue weighted by Crippen LogP contribution is -2.40. The summed E-state index contributed by atoms with van der Waals surface area (Å²) in [6, 6.07) is 17.2. The number of para-hydroxylation sites is 1. The van der Waals surface area contributed by atoms with Crippen LogP contribution in [0.4, 0.5) is 10.5 Å². The molecule has 164 valence electrons. The van der Waals surface area contributed by atoms with E-state index in [0.29, 0.717) is 13.0 Å². The Morgan fingerprint density at radius 3 is 2.48 bits per heavy atom. The van der Waals surface area contributed by atoms with E-state index in [0.717, 1.165) is 62.6 Å². The van der Waals surface area contributed by atoms with Gasteiger partial charge in [-0.3, -0.25) is 9.69 Å². The number of likely N-dealkylation sites (tertiary alicyclic amines) is 1. The maximum absolute atomic E-state index is 12.9. The standard InChI is InChI=1S/C24H30N4O3/c29-23-11-6-12-28(23)18-22(19-7-2-1-3-8-19)26-24(30)25-21-10-5-4-9-20(21)17-27-13-15-31-16-14-27/h1-5,7-10,22H,6,11-18H2,(H2,25,26,30). The van der Waals surface area contributed by atoms with Gasteiger partial charge in [0.2, 0.25) is 5.91 Å². The minimum Gasteiger partial charge on any atom is -0.379 e. The molecule has 31 heavy (non-hydrogen) atoms. The van der Waals surface area contributed by atoms with Gasteiger partial charge in [-0.05, 0) is 23.6 Å². The second-order valence-electron chi connectivity index (χ2n) is 8.05. The van der Waals surface area contributed by atoms with Crippen LogP contribution in [0.3, 0.4) is 0 Å². The van der Waals surface area contributed by atoms with Gasteiger partial charge in [-0.2, -0.15) is 0 Å². The number of urea groups is 1. The van der Waals surface area contributed by atoms with E-state index in [4.69, 9.17) is 4.74 Å². The first-order chi connectivity index (χ1) is 15.2. The smallest absolute Gasteiger partial charge is 0.319 e. The Kier molecular flexibility index (Phi) is 7.17. The third kappa shape index (κ3) is 5.83. The van der Waals surface area contributed by atoms with Crippen molar-refractivity contribution in [2.45, 2.75) is 25.4 Å². The van der Waals surface area contributed by atoms with E-state index < -0.39 is 0 Å². The predicted molar refractivity (Wildman–Crippen MR) is 120 cm³/mol. The van der Waals surface area contributed by atoms with Crippen molar-refractivity contribution in [1.29, 1.82) is 0 Å². The van der Waals surface area contributed by atoms with E-state index in [9.17, 15) is 9.59 Å². The van der Waals surface area contributed by atoms with Crippen molar-refractivity contribution in [3.8, 4) is 0 Å². The van der Waals surface area contributed by atoms with Crippen molar-refractivity contribution in [3.05, 3.63) is 65.7 Å². The van der Waals surface area contributed by atoms with Crippen molar-refractivity contribution in [2.24, 2.45) is 0 Å². The maximum Gasteiger partial charge on any atom is 0.319 e. The number of hydrogen-bond acceptors (Lipinski definition) is 4. The van der Waals surface area contributed by atoms with E-state index in [1.807, 2.05) is 59.5 Å². The van der Waals surface area contributed by atoms with Crippen LogP contribution in [0.2, 0.25) is 0 Å². The molecule has 2 aliphatic rings. The zero-order valence-electron chi connectivity index (χ0n) is 17.8. The summed E-state index contributed by atoms with van der Waals surface area (Å²) in [6.45, 7) is 5.25. The van der Waals surface area contributed by atoms with Crippen molar-refractivity contribution < 1.29 is 14.3 Å². The number of nitrogens with one attached hydrogen (secondary N) is 2. The van der Waals surface area contributed by atoms with Gasteiger partial charge < -0.3 is 20.3 Å². The molecule has 3 amide bonds. The Morgan fingerprint density at radius 2 is 1.74 bits per heavy atom. The van der Waals surface area contributed by atoms with E-state index in [-0.39, 0.29) is 18.0 Å². The number of amides is 3. The number of morpholine rings is 1. The molecule has 1 atom stereocenters. The molecule has 2 aliphatic heterocycles. The first-order valence-corrected chi connectivity index (χ1v) is 11.0. The van der Waals surface area contributed by atoms with Crippen molar-refractivity contribution in [1.82, 2.24) is 15.1 Å². The SMILES string of the molecule is O=C(Nc1ccccc1CN1CCOCC1)NC(CN1CCCC1=O)c1ccccc1. The molecule has 0 aromatic heterocycles. The maximum atomic E-state index is 12.9. The minimum absolute atomic E-state index is 0.152. The summed E-state index contributed by atoms with van der Waals surface area (Å²) >= 11 is 0. The van der Waals surface area contributed by atoms with Gasteiger partial charge in [0, 0.05) is 44.8 Å². The fourth-order valence-corrected chi connectivity index (χ4v) is 4.13. The quantitative estimate of drug-likeness (QED) is 0.719. The molecule has 4 rings (SSSR count). The van der Waals surface area contributed by atoms with Gasteiger partial charge >= 0.3 is 6.03 Å². The van der Waals surface area contributed by atoms with Gasteiger partial charge in [0.15, 0.2) is 0 Å². The third-order valence-corrected chi connectivity index (χ3v) is 5.84. The summed E-state index contributed by atoms with van der Waals surface area (Å²) in [5, 5.41) is 6.11. The summed E-state index contributed by atoms with van der Waals surface area (Å²) < 4.78 is 5.43. The van der Waals surface area contributed by atoms with E-state index in [1.165, 1.54) is 0 Å². The molecule has 2 N–H and O–H groups in total. The van der Waals surface area contributed by atoms with Crippen LogP contribution in [0.25, 0.3) is 0 Å². The van der Waals surface area contributed by atoms with Gasteiger partial charge in [-0.1, -0.05) is 48.5 Å². The van der Waals surface area contributed by atoms with Gasteiger partial charge in [-0.25, -0.2) is 4.79 Å². The fraction of sp³-hybridized carbons (Fsp3) is 0.417. The van der Waals surface area contributed by atoms with E-state index in [1.54, 1.807) is 0 Å². The second kappa shape index (κ2) is 10.4. The number of carbonyl (C=O) groups is 2. The fourth-order valence-electron chi connectivity index (χ4n) is 4.13. The van der Waals surface area contributed by atoms with Crippen LogP contribution < -0.4 is 10.6 Å². The monoisotopic (exact) mass is 422 g/mol. The molecule has 2 aromatic rings. The number of benzene rings is 2.